The van der Waals surface area contributed by atoms with Crippen molar-refractivity contribution in [3.05, 3.63) is 82.4 Å². The molecule has 0 atom stereocenters. The van der Waals surface area contributed by atoms with Gasteiger partial charge in [0.2, 0.25) is 0 Å². The van der Waals surface area contributed by atoms with Crippen molar-refractivity contribution in [2.24, 2.45) is 0 Å². The summed E-state index contributed by atoms with van der Waals surface area (Å²) in [6.07, 6.45) is -1.19. The lowest BCUT2D eigenvalue weighted by molar-refractivity contribution is -0.138. The van der Waals surface area contributed by atoms with E-state index in [0.29, 0.717) is 17.8 Å². The van der Waals surface area contributed by atoms with Crippen LogP contribution in [0.2, 0.25) is 0 Å². The summed E-state index contributed by atoms with van der Waals surface area (Å²) < 4.78 is 39.3. The van der Waals surface area contributed by atoms with Crippen LogP contribution in [0.4, 0.5) is 24.7 Å². The lowest BCUT2D eigenvalue weighted by Gasteiger charge is -2.11. The van der Waals surface area contributed by atoms with Gasteiger partial charge in [-0.25, -0.2) is 4.98 Å². The Morgan fingerprint density at radius 3 is 2.31 bits per heavy atom. The lowest BCUT2D eigenvalue weighted by atomic mass is 10.1. The molecule has 0 aliphatic carbocycles. The van der Waals surface area contributed by atoms with Crippen LogP contribution in [0.3, 0.4) is 0 Å². The predicted octanol–water partition coefficient (Wildman–Crippen LogP) is 4.01. The number of alkyl halides is 3. The van der Waals surface area contributed by atoms with Crippen molar-refractivity contribution < 1.29 is 23.1 Å². The minimum Gasteiger partial charge on any atom is -0.481 e. The highest BCUT2D eigenvalue weighted by atomic mass is 19.4. The third-order valence-corrected chi connectivity index (χ3v) is 4.16. The van der Waals surface area contributed by atoms with Crippen LogP contribution in [0, 0.1) is 0 Å². The number of halogens is 3. The van der Waals surface area contributed by atoms with Crippen molar-refractivity contribution in [2.45, 2.75) is 19.0 Å². The fraction of sp³-hybridized carbons (Fsp3) is 0.150. The fourth-order valence-electron chi connectivity index (χ4n) is 2.65. The molecule has 9 heteroatoms. The highest BCUT2D eigenvalue weighted by Crippen LogP contribution is 2.30. The van der Waals surface area contributed by atoms with Gasteiger partial charge in [0, 0.05) is 30.2 Å². The highest BCUT2D eigenvalue weighted by molar-refractivity contribution is 5.67. The van der Waals surface area contributed by atoms with Gasteiger partial charge in [0.25, 0.3) is 5.56 Å². The maximum Gasteiger partial charge on any atom is 0.416 e. The summed E-state index contributed by atoms with van der Waals surface area (Å²) in [5.74, 6) is -0.930. The molecule has 0 radical (unpaired) electrons. The molecule has 0 amide bonds. The van der Waals surface area contributed by atoms with E-state index in [-0.39, 0.29) is 12.2 Å². The smallest absolute Gasteiger partial charge is 0.416 e. The highest BCUT2D eigenvalue weighted by Gasteiger charge is 2.29. The molecule has 0 bridgehead atoms. The number of aromatic nitrogens is 2. The van der Waals surface area contributed by atoms with E-state index in [9.17, 15) is 22.8 Å². The van der Waals surface area contributed by atoms with E-state index in [0.717, 1.165) is 17.7 Å². The number of hydrogen-bond donors (Lipinski definition) is 2. The van der Waals surface area contributed by atoms with Gasteiger partial charge in [0.1, 0.15) is 0 Å². The van der Waals surface area contributed by atoms with E-state index in [1.807, 2.05) is 0 Å². The van der Waals surface area contributed by atoms with Crippen LogP contribution in [-0.2, 0) is 17.4 Å². The molecule has 1 heterocycles. The second-order valence-corrected chi connectivity index (χ2v) is 6.21. The first-order valence-electron chi connectivity index (χ1n) is 8.57. The van der Waals surface area contributed by atoms with Crippen molar-refractivity contribution >= 4 is 17.5 Å². The Bertz CT molecular complexity index is 1060. The van der Waals surface area contributed by atoms with Gasteiger partial charge < -0.3 is 10.4 Å². The van der Waals surface area contributed by atoms with Gasteiger partial charge in [-0.2, -0.15) is 13.2 Å². The second-order valence-electron chi connectivity index (χ2n) is 6.21. The molecule has 29 heavy (non-hydrogen) atoms. The van der Waals surface area contributed by atoms with Gasteiger partial charge in [-0.3, -0.25) is 14.2 Å². The average molecular weight is 403 g/mol. The number of aryl methyl sites for hydroxylation is 1. The van der Waals surface area contributed by atoms with Crippen LogP contribution in [0.25, 0.3) is 5.69 Å². The first-order valence-corrected chi connectivity index (χ1v) is 8.57. The lowest BCUT2D eigenvalue weighted by Crippen LogP contribution is -2.21. The van der Waals surface area contributed by atoms with Gasteiger partial charge in [-0.05, 0) is 48.4 Å². The van der Waals surface area contributed by atoms with Crippen LogP contribution >= 0.6 is 0 Å². The van der Waals surface area contributed by atoms with E-state index in [1.54, 1.807) is 24.3 Å². The summed E-state index contributed by atoms with van der Waals surface area (Å²) in [5, 5.41) is 11.5. The third kappa shape index (κ3) is 5.01. The van der Waals surface area contributed by atoms with Crippen LogP contribution in [0.5, 0.6) is 0 Å². The zero-order valence-electron chi connectivity index (χ0n) is 15.0. The number of nitrogens with zero attached hydrogens (tertiary/aromatic N) is 2. The third-order valence-electron chi connectivity index (χ3n) is 4.16. The Morgan fingerprint density at radius 1 is 1.07 bits per heavy atom. The summed E-state index contributed by atoms with van der Waals surface area (Å²) in [6.45, 7) is 0. The molecule has 0 aliphatic heterocycles. The quantitative estimate of drug-likeness (QED) is 0.650. The SMILES string of the molecule is O=C(O)CCc1ccc(-n2ccnc(Nc3ccc(C(F)(F)F)cc3)c2=O)cc1. The second kappa shape index (κ2) is 8.17. The van der Waals surface area contributed by atoms with Crippen LogP contribution < -0.4 is 10.9 Å². The van der Waals surface area contributed by atoms with E-state index >= 15 is 0 Å². The molecule has 0 fully saturated rings. The summed E-state index contributed by atoms with van der Waals surface area (Å²) >= 11 is 0. The number of anilines is 2. The monoisotopic (exact) mass is 403 g/mol. The van der Waals surface area contributed by atoms with Crippen molar-refractivity contribution in [2.75, 3.05) is 5.32 Å². The largest absolute Gasteiger partial charge is 0.481 e. The number of carboxylic acid groups (broad SMARTS) is 1. The van der Waals surface area contributed by atoms with Crippen LogP contribution in [-0.4, -0.2) is 20.6 Å². The number of benzene rings is 2. The van der Waals surface area contributed by atoms with Crippen molar-refractivity contribution in [1.82, 2.24) is 9.55 Å². The topological polar surface area (TPSA) is 84.2 Å². The molecule has 150 valence electrons. The molecule has 6 nitrogen and oxygen atoms in total. The molecule has 0 aliphatic rings. The van der Waals surface area contributed by atoms with Gasteiger partial charge in [0.15, 0.2) is 5.82 Å². The summed E-state index contributed by atoms with van der Waals surface area (Å²) in [4.78, 5) is 27.3. The number of hydrogen-bond acceptors (Lipinski definition) is 4. The molecule has 0 saturated carbocycles. The van der Waals surface area contributed by atoms with E-state index in [4.69, 9.17) is 5.11 Å². The van der Waals surface area contributed by atoms with Crippen molar-refractivity contribution in [3.8, 4) is 5.69 Å². The molecular formula is C20H16F3N3O3. The molecule has 0 spiro atoms. The molecule has 2 N–H and O–H groups in total. The first-order chi connectivity index (χ1) is 13.7. The summed E-state index contributed by atoms with van der Waals surface area (Å²) in [5.41, 5.74) is 0.396. The number of rotatable bonds is 6. The van der Waals surface area contributed by atoms with Gasteiger partial charge in [-0.1, -0.05) is 12.1 Å². The minimum absolute atomic E-state index is 0.00967. The Balaban J connectivity index is 1.81. The van der Waals surface area contributed by atoms with Gasteiger partial charge in [0.05, 0.1) is 5.56 Å². The maximum atomic E-state index is 12.7. The zero-order valence-corrected chi connectivity index (χ0v) is 15.0. The Kier molecular flexibility index (Phi) is 5.67. The number of carbonyl (C=O) groups is 1. The normalized spacial score (nSPS) is 11.3. The Hall–Kier alpha value is -3.62. The van der Waals surface area contributed by atoms with E-state index in [2.05, 4.69) is 10.3 Å². The molecule has 2 aromatic carbocycles. The van der Waals surface area contributed by atoms with E-state index in [1.165, 1.54) is 29.1 Å². The first kappa shape index (κ1) is 20.1. The Labute approximate surface area is 163 Å². The standard InChI is InChI=1S/C20H16F3N3O3/c21-20(22,23)14-4-6-15(7-5-14)25-18-19(29)26(12-11-24-18)16-8-1-13(2-9-16)3-10-17(27)28/h1-2,4-9,11-12H,3,10H2,(H,24,25)(H,27,28). The minimum atomic E-state index is -4.44. The fourth-order valence-corrected chi connectivity index (χ4v) is 2.65. The maximum absolute atomic E-state index is 12.7. The van der Waals surface area contributed by atoms with Crippen molar-refractivity contribution in [1.29, 1.82) is 0 Å². The van der Waals surface area contributed by atoms with E-state index < -0.39 is 23.3 Å². The Morgan fingerprint density at radius 2 is 1.72 bits per heavy atom. The molecule has 3 rings (SSSR count). The predicted molar refractivity (Wildman–Crippen MR) is 101 cm³/mol. The number of nitrogens with one attached hydrogen (secondary N) is 1. The average Bonchev–Trinajstić information content (AvgIpc) is 2.68. The zero-order chi connectivity index (χ0) is 21.0. The van der Waals surface area contributed by atoms with Crippen molar-refractivity contribution in [3.63, 3.8) is 0 Å². The molecule has 1 aromatic heterocycles. The molecule has 3 aromatic rings. The van der Waals surface area contributed by atoms with Gasteiger partial charge >= 0.3 is 12.1 Å². The summed E-state index contributed by atoms with van der Waals surface area (Å²) in [7, 11) is 0. The molecular weight excluding hydrogens is 387 g/mol. The number of carboxylic acids is 1. The summed E-state index contributed by atoms with van der Waals surface area (Å²) in [6, 6.07) is 11.1. The van der Waals surface area contributed by atoms with Crippen LogP contribution in [0.1, 0.15) is 17.5 Å². The number of aliphatic carboxylic acids is 1. The van der Waals surface area contributed by atoms with Crippen LogP contribution in [0.15, 0.2) is 65.7 Å². The molecule has 0 unspecified atom stereocenters. The van der Waals surface area contributed by atoms with Gasteiger partial charge in [-0.15, -0.1) is 0 Å². The molecule has 0 saturated heterocycles.